The minimum atomic E-state index is -0.931. The van der Waals surface area contributed by atoms with Crippen LogP contribution in [0.2, 0.25) is 0 Å². The molecule has 2 aromatic carbocycles. The highest BCUT2D eigenvalue weighted by molar-refractivity contribution is 6.09. The lowest BCUT2D eigenvalue weighted by molar-refractivity contribution is -0.384. The first-order valence-electron chi connectivity index (χ1n) is 11.7. The number of rotatable bonds is 16. The lowest BCUT2D eigenvalue weighted by Crippen LogP contribution is -2.07. The molecule has 0 unspecified atom stereocenters. The Morgan fingerprint density at radius 3 is 2.27 bits per heavy atom. The van der Waals surface area contributed by atoms with Crippen LogP contribution in [0.15, 0.2) is 42.5 Å². The molecule has 1 N–H and O–H groups in total. The van der Waals surface area contributed by atoms with E-state index in [1.54, 1.807) is 18.2 Å². The van der Waals surface area contributed by atoms with Crippen molar-refractivity contribution in [2.24, 2.45) is 0 Å². The first-order chi connectivity index (χ1) is 15.9. The summed E-state index contributed by atoms with van der Waals surface area (Å²) in [6.07, 6.45) is 9.67. The number of nitrogens with zero attached hydrogens (tertiary/aromatic N) is 1. The number of carboxylic acid groups (broad SMARTS) is 1. The second-order valence-electron chi connectivity index (χ2n) is 8.18. The van der Waals surface area contributed by atoms with E-state index in [0.717, 1.165) is 12.8 Å². The van der Waals surface area contributed by atoms with Crippen molar-refractivity contribution in [1.29, 1.82) is 0 Å². The SMILES string of the molecule is CCCCCCCCCCOc1ccc(C(=O)c2cccc([N+](=O)[O-])c2)cc1CCC(=O)O. The van der Waals surface area contributed by atoms with Gasteiger partial charge >= 0.3 is 5.97 Å². The van der Waals surface area contributed by atoms with Crippen LogP contribution < -0.4 is 4.74 Å². The fourth-order valence-electron chi connectivity index (χ4n) is 3.64. The van der Waals surface area contributed by atoms with E-state index in [4.69, 9.17) is 9.84 Å². The zero-order valence-electron chi connectivity index (χ0n) is 19.3. The lowest BCUT2D eigenvalue weighted by atomic mass is 9.98. The summed E-state index contributed by atoms with van der Waals surface area (Å²) in [5, 5.41) is 20.1. The van der Waals surface area contributed by atoms with Gasteiger partial charge in [0.15, 0.2) is 5.78 Å². The molecule has 178 valence electrons. The summed E-state index contributed by atoms with van der Waals surface area (Å²) < 4.78 is 5.91. The molecule has 33 heavy (non-hydrogen) atoms. The van der Waals surface area contributed by atoms with Crippen molar-refractivity contribution in [3.8, 4) is 5.75 Å². The van der Waals surface area contributed by atoms with Gasteiger partial charge in [0, 0.05) is 29.7 Å². The van der Waals surface area contributed by atoms with E-state index >= 15 is 0 Å². The van der Waals surface area contributed by atoms with Gasteiger partial charge in [-0.15, -0.1) is 0 Å². The average molecular weight is 456 g/mol. The molecule has 0 heterocycles. The highest BCUT2D eigenvalue weighted by Crippen LogP contribution is 2.25. The van der Waals surface area contributed by atoms with Crippen molar-refractivity contribution in [2.75, 3.05) is 6.61 Å². The monoisotopic (exact) mass is 455 g/mol. The van der Waals surface area contributed by atoms with Gasteiger partial charge in [0.25, 0.3) is 5.69 Å². The molecular formula is C26H33NO6. The Balaban J connectivity index is 2.01. The third kappa shape index (κ3) is 9.04. The number of carbonyl (C=O) groups excluding carboxylic acids is 1. The van der Waals surface area contributed by atoms with Crippen molar-refractivity contribution >= 4 is 17.4 Å². The first-order valence-corrected chi connectivity index (χ1v) is 11.7. The molecule has 0 atom stereocenters. The molecule has 0 radical (unpaired) electrons. The van der Waals surface area contributed by atoms with Crippen LogP contribution >= 0.6 is 0 Å². The highest BCUT2D eigenvalue weighted by atomic mass is 16.6. The number of ketones is 1. The minimum Gasteiger partial charge on any atom is -0.493 e. The number of benzene rings is 2. The second-order valence-corrected chi connectivity index (χ2v) is 8.18. The summed E-state index contributed by atoms with van der Waals surface area (Å²) in [7, 11) is 0. The number of aryl methyl sites for hydroxylation is 1. The number of unbranched alkanes of at least 4 members (excludes halogenated alkanes) is 7. The summed E-state index contributed by atoms with van der Waals surface area (Å²) in [5.41, 5.74) is 1.04. The number of aliphatic carboxylic acids is 1. The molecule has 0 bridgehead atoms. The summed E-state index contributed by atoms with van der Waals surface area (Å²) >= 11 is 0. The molecule has 0 spiro atoms. The number of ether oxygens (including phenoxy) is 1. The zero-order chi connectivity index (χ0) is 24.1. The van der Waals surface area contributed by atoms with Gasteiger partial charge in [0.1, 0.15) is 5.75 Å². The molecular weight excluding hydrogens is 422 g/mol. The Bertz CT molecular complexity index is 940. The molecule has 0 fully saturated rings. The first kappa shape index (κ1) is 26.0. The number of non-ortho nitro benzene ring substituents is 1. The standard InChI is InChI=1S/C26H33NO6/c1-2-3-4-5-6-7-8-9-17-33-24-15-13-22(18-20(24)14-16-25(28)29)26(30)21-11-10-12-23(19-21)27(31)32/h10-13,15,18-19H,2-9,14,16-17H2,1H3,(H,28,29). The van der Waals surface area contributed by atoms with Gasteiger partial charge in [-0.05, 0) is 36.6 Å². The molecule has 2 rings (SSSR count). The van der Waals surface area contributed by atoms with Gasteiger partial charge in [-0.2, -0.15) is 0 Å². The van der Waals surface area contributed by atoms with Crippen LogP contribution in [0, 0.1) is 10.1 Å². The molecule has 0 aliphatic heterocycles. The predicted octanol–water partition coefficient (Wildman–Crippen LogP) is 6.36. The molecule has 0 aliphatic rings. The quantitative estimate of drug-likeness (QED) is 0.137. The summed E-state index contributed by atoms with van der Waals surface area (Å²) in [6, 6.07) is 10.5. The maximum Gasteiger partial charge on any atom is 0.303 e. The van der Waals surface area contributed by atoms with E-state index in [0.29, 0.717) is 23.5 Å². The van der Waals surface area contributed by atoms with E-state index in [2.05, 4.69) is 6.92 Å². The maximum atomic E-state index is 12.9. The molecule has 0 amide bonds. The maximum absolute atomic E-state index is 12.9. The van der Waals surface area contributed by atoms with Gasteiger partial charge in [-0.3, -0.25) is 19.7 Å². The van der Waals surface area contributed by atoms with Crippen molar-refractivity contribution in [3.05, 3.63) is 69.3 Å². The van der Waals surface area contributed by atoms with Gasteiger partial charge in [0.2, 0.25) is 0 Å². The van der Waals surface area contributed by atoms with Crippen molar-refractivity contribution < 1.29 is 24.4 Å². The van der Waals surface area contributed by atoms with Crippen molar-refractivity contribution in [1.82, 2.24) is 0 Å². The van der Waals surface area contributed by atoms with Gasteiger partial charge in [0.05, 0.1) is 11.5 Å². The fourth-order valence-corrected chi connectivity index (χ4v) is 3.64. The predicted molar refractivity (Wildman–Crippen MR) is 127 cm³/mol. The van der Waals surface area contributed by atoms with Crippen LogP contribution in [0.1, 0.15) is 86.2 Å². The third-order valence-electron chi connectivity index (χ3n) is 5.51. The number of carbonyl (C=O) groups is 2. The van der Waals surface area contributed by atoms with E-state index in [-0.39, 0.29) is 29.9 Å². The molecule has 0 saturated carbocycles. The lowest BCUT2D eigenvalue weighted by Gasteiger charge is -2.13. The number of nitro groups is 1. The number of hydrogen-bond acceptors (Lipinski definition) is 5. The smallest absolute Gasteiger partial charge is 0.303 e. The van der Waals surface area contributed by atoms with Crippen LogP contribution in [-0.4, -0.2) is 28.4 Å². The Labute approximate surface area is 194 Å². The normalized spacial score (nSPS) is 10.7. The van der Waals surface area contributed by atoms with Gasteiger partial charge in [-0.25, -0.2) is 0 Å². The number of carboxylic acids is 1. The van der Waals surface area contributed by atoms with Crippen LogP contribution in [0.4, 0.5) is 5.69 Å². The molecule has 0 aliphatic carbocycles. The molecule has 0 aromatic heterocycles. The second kappa shape index (κ2) is 14.0. The summed E-state index contributed by atoms with van der Waals surface area (Å²) in [6.45, 7) is 2.74. The Morgan fingerprint density at radius 2 is 1.61 bits per heavy atom. The Morgan fingerprint density at radius 1 is 0.939 bits per heavy atom. The van der Waals surface area contributed by atoms with Crippen LogP contribution in [0.3, 0.4) is 0 Å². The average Bonchev–Trinajstić information content (AvgIpc) is 2.81. The van der Waals surface area contributed by atoms with E-state index in [9.17, 15) is 19.7 Å². The van der Waals surface area contributed by atoms with E-state index in [1.807, 2.05) is 0 Å². The number of nitro benzene ring substituents is 1. The van der Waals surface area contributed by atoms with E-state index in [1.165, 1.54) is 62.8 Å². The van der Waals surface area contributed by atoms with Gasteiger partial charge in [-0.1, -0.05) is 64.0 Å². The van der Waals surface area contributed by atoms with Crippen LogP contribution in [-0.2, 0) is 11.2 Å². The van der Waals surface area contributed by atoms with Crippen molar-refractivity contribution in [3.63, 3.8) is 0 Å². The Kier molecular flexibility index (Phi) is 11.1. The molecule has 7 heteroatoms. The molecule has 0 saturated heterocycles. The van der Waals surface area contributed by atoms with Gasteiger partial charge < -0.3 is 9.84 Å². The van der Waals surface area contributed by atoms with Crippen LogP contribution in [0.25, 0.3) is 0 Å². The Hall–Kier alpha value is -3.22. The number of hydrogen-bond donors (Lipinski definition) is 1. The topological polar surface area (TPSA) is 107 Å². The minimum absolute atomic E-state index is 0.0808. The summed E-state index contributed by atoms with van der Waals surface area (Å²) in [4.78, 5) is 34.4. The fraction of sp³-hybridized carbons (Fsp3) is 0.462. The third-order valence-corrected chi connectivity index (χ3v) is 5.51. The highest BCUT2D eigenvalue weighted by Gasteiger charge is 2.16. The largest absolute Gasteiger partial charge is 0.493 e. The zero-order valence-corrected chi connectivity index (χ0v) is 19.3. The summed E-state index contributed by atoms with van der Waals surface area (Å²) in [5.74, 6) is -0.709. The van der Waals surface area contributed by atoms with Crippen molar-refractivity contribution in [2.45, 2.75) is 71.1 Å². The van der Waals surface area contributed by atoms with Crippen LogP contribution in [0.5, 0.6) is 5.75 Å². The molecule has 7 nitrogen and oxygen atoms in total. The molecule has 2 aromatic rings. The van der Waals surface area contributed by atoms with E-state index < -0.39 is 10.9 Å².